The van der Waals surface area contributed by atoms with Gasteiger partial charge in [0.2, 0.25) is 0 Å². The zero-order valence-corrected chi connectivity index (χ0v) is 17.6. The van der Waals surface area contributed by atoms with Gasteiger partial charge in [0.05, 0.1) is 18.1 Å². The van der Waals surface area contributed by atoms with E-state index >= 15 is 0 Å². The maximum Gasteiger partial charge on any atom is 0.416 e. The summed E-state index contributed by atoms with van der Waals surface area (Å²) >= 11 is 0. The fourth-order valence-corrected chi connectivity index (χ4v) is 3.64. The van der Waals surface area contributed by atoms with Gasteiger partial charge in [-0.15, -0.1) is 0 Å². The Hall–Kier alpha value is -3.59. The summed E-state index contributed by atoms with van der Waals surface area (Å²) in [7, 11) is 0. The minimum atomic E-state index is -4.43. The van der Waals surface area contributed by atoms with Gasteiger partial charge in [0.15, 0.2) is 5.69 Å². The standard InChI is InChI=1S/C26H22F3NO2/c1-16(2)11-24(25(31)32)21-13-19(17-7-9-22(10-8-17)26(27,28)29)12-20(14-21)18-5-4-6-23(15-18)30-3/h4-10,12-16,24H,11H2,1-2H3,(H,31,32). The predicted molar refractivity (Wildman–Crippen MR) is 118 cm³/mol. The van der Waals surface area contributed by atoms with Crippen LogP contribution in [0.2, 0.25) is 0 Å². The van der Waals surface area contributed by atoms with Gasteiger partial charge in [0, 0.05) is 0 Å². The van der Waals surface area contributed by atoms with Gasteiger partial charge in [-0.1, -0.05) is 56.3 Å². The maximum atomic E-state index is 13.0. The number of aliphatic carboxylic acids is 1. The molecule has 0 amide bonds. The average molecular weight is 437 g/mol. The van der Waals surface area contributed by atoms with Gasteiger partial charge in [-0.25, -0.2) is 4.85 Å². The molecule has 0 spiro atoms. The van der Waals surface area contributed by atoms with E-state index in [9.17, 15) is 23.1 Å². The summed E-state index contributed by atoms with van der Waals surface area (Å²) in [6.45, 7) is 11.1. The smallest absolute Gasteiger partial charge is 0.416 e. The minimum absolute atomic E-state index is 0.139. The quantitative estimate of drug-likeness (QED) is 0.400. The van der Waals surface area contributed by atoms with Crippen molar-refractivity contribution in [3.05, 3.63) is 89.3 Å². The van der Waals surface area contributed by atoms with E-state index in [2.05, 4.69) is 4.85 Å². The molecule has 164 valence electrons. The molecule has 3 aromatic rings. The van der Waals surface area contributed by atoms with Crippen molar-refractivity contribution in [1.29, 1.82) is 0 Å². The summed E-state index contributed by atoms with van der Waals surface area (Å²) in [5, 5.41) is 9.84. The summed E-state index contributed by atoms with van der Waals surface area (Å²) in [6.07, 6.45) is -4.01. The molecule has 0 saturated heterocycles. The lowest BCUT2D eigenvalue weighted by Crippen LogP contribution is -2.14. The van der Waals surface area contributed by atoms with E-state index in [1.807, 2.05) is 26.0 Å². The molecule has 3 nitrogen and oxygen atoms in total. The fourth-order valence-electron chi connectivity index (χ4n) is 3.64. The van der Waals surface area contributed by atoms with Crippen LogP contribution in [0.5, 0.6) is 0 Å². The summed E-state index contributed by atoms with van der Waals surface area (Å²) in [5.74, 6) is -1.57. The molecule has 1 unspecified atom stereocenters. The second-order valence-corrected chi connectivity index (χ2v) is 8.10. The predicted octanol–water partition coefficient (Wildman–Crippen LogP) is 7.80. The molecular formula is C26H22F3NO2. The largest absolute Gasteiger partial charge is 0.481 e. The zero-order chi connectivity index (χ0) is 23.5. The zero-order valence-electron chi connectivity index (χ0n) is 17.6. The van der Waals surface area contributed by atoms with Crippen LogP contribution in [0.3, 0.4) is 0 Å². The van der Waals surface area contributed by atoms with E-state index in [1.54, 1.807) is 30.3 Å². The number of benzene rings is 3. The molecule has 0 aliphatic heterocycles. The number of carboxylic acid groups (broad SMARTS) is 1. The molecule has 6 heteroatoms. The van der Waals surface area contributed by atoms with Gasteiger partial charge in [-0.05, 0) is 64.4 Å². The number of carboxylic acids is 1. The van der Waals surface area contributed by atoms with E-state index in [0.29, 0.717) is 34.4 Å². The molecule has 0 aliphatic carbocycles. The van der Waals surface area contributed by atoms with Crippen molar-refractivity contribution in [2.75, 3.05) is 0 Å². The highest BCUT2D eigenvalue weighted by Gasteiger charge is 2.30. The van der Waals surface area contributed by atoms with Crippen LogP contribution in [-0.4, -0.2) is 11.1 Å². The van der Waals surface area contributed by atoms with Crippen molar-refractivity contribution in [2.24, 2.45) is 5.92 Å². The van der Waals surface area contributed by atoms with Crippen molar-refractivity contribution < 1.29 is 23.1 Å². The molecule has 0 heterocycles. The number of hydrogen-bond acceptors (Lipinski definition) is 1. The highest BCUT2D eigenvalue weighted by atomic mass is 19.4. The molecule has 0 fully saturated rings. The number of rotatable bonds is 6. The molecule has 0 bridgehead atoms. The first-order chi connectivity index (χ1) is 15.1. The van der Waals surface area contributed by atoms with Crippen molar-refractivity contribution in [3.8, 4) is 22.3 Å². The monoisotopic (exact) mass is 437 g/mol. The first-order valence-corrected chi connectivity index (χ1v) is 10.1. The first-order valence-electron chi connectivity index (χ1n) is 10.1. The van der Waals surface area contributed by atoms with E-state index in [4.69, 9.17) is 6.57 Å². The first kappa shape index (κ1) is 23.1. The third-order valence-corrected chi connectivity index (χ3v) is 5.22. The molecule has 0 aromatic heterocycles. The molecule has 1 N–H and O–H groups in total. The third kappa shape index (κ3) is 5.36. The SMILES string of the molecule is [C-]#[N+]c1cccc(-c2cc(-c3ccc(C(F)(F)F)cc3)cc(C(CC(C)C)C(=O)O)c2)c1. The van der Waals surface area contributed by atoms with Crippen LogP contribution < -0.4 is 0 Å². The topological polar surface area (TPSA) is 41.7 Å². The number of carbonyl (C=O) groups is 1. The Balaban J connectivity index is 2.18. The van der Waals surface area contributed by atoms with Crippen LogP contribution in [0.1, 0.15) is 37.3 Å². The third-order valence-electron chi connectivity index (χ3n) is 5.22. The Morgan fingerprint density at radius 3 is 2.09 bits per heavy atom. The highest BCUT2D eigenvalue weighted by Crippen LogP contribution is 2.36. The molecule has 0 radical (unpaired) electrons. The Morgan fingerprint density at radius 1 is 0.938 bits per heavy atom. The molecule has 32 heavy (non-hydrogen) atoms. The van der Waals surface area contributed by atoms with Crippen molar-refractivity contribution in [1.82, 2.24) is 0 Å². The van der Waals surface area contributed by atoms with Gasteiger partial charge < -0.3 is 5.11 Å². The highest BCUT2D eigenvalue weighted by molar-refractivity contribution is 5.81. The van der Waals surface area contributed by atoms with Gasteiger partial charge in [0.1, 0.15) is 0 Å². The van der Waals surface area contributed by atoms with Crippen molar-refractivity contribution in [3.63, 3.8) is 0 Å². The summed E-state index contributed by atoms with van der Waals surface area (Å²) in [5.41, 5.74) is 2.89. The van der Waals surface area contributed by atoms with Crippen molar-refractivity contribution >= 4 is 11.7 Å². The minimum Gasteiger partial charge on any atom is -0.481 e. The van der Waals surface area contributed by atoms with E-state index in [-0.39, 0.29) is 5.92 Å². The number of alkyl halides is 3. The molecule has 0 saturated carbocycles. The Bertz CT molecular complexity index is 1160. The van der Waals surface area contributed by atoms with Crippen LogP contribution in [0.4, 0.5) is 18.9 Å². The van der Waals surface area contributed by atoms with Crippen LogP contribution in [0, 0.1) is 12.5 Å². The molecule has 3 aromatic carbocycles. The summed E-state index contributed by atoms with van der Waals surface area (Å²) in [4.78, 5) is 15.5. The Morgan fingerprint density at radius 2 is 1.56 bits per heavy atom. The normalized spacial score (nSPS) is 12.4. The second kappa shape index (κ2) is 9.27. The second-order valence-electron chi connectivity index (χ2n) is 8.10. The van der Waals surface area contributed by atoms with Crippen LogP contribution in [0.25, 0.3) is 27.1 Å². The molecule has 1 atom stereocenters. The van der Waals surface area contributed by atoms with Gasteiger partial charge in [-0.3, -0.25) is 4.79 Å². The number of nitrogens with zero attached hydrogens (tertiary/aromatic N) is 1. The van der Waals surface area contributed by atoms with E-state index in [0.717, 1.165) is 17.7 Å². The van der Waals surface area contributed by atoms with Gasteiger partial charge >= 0.3 is 12.1 Å². The van der Waals surface area contributed by atoms with Crippen LogP contribution in [0.15, 0.2) is 66.7 Å². The van der Waals surface area contributed by atoms with E-state index < -0.39 is 23.6 Å². The summed E-state index contributed by atoms with van der Waals surface area (Å²) in [6, 6.07) is 17.1. The Kier molecular flexibility index (Phi) is 6.69. The van der Waals surface area contributed by atoms with Gasteiger partial charge in [-0.2, -0.15) is 13.2 Å². The fraction of sp³-hybridized carbons (Fsp3) is 0.231. The lowest BCUT2D eigenvalue weighted by molar-refractivity contribution is -0.139. The van der Waals surface area contributed by atoms with Gasteiger partial charge in [0.25, 0.3) is 0 Å². The average Bonchev–Trinajstić information content (AvgIpc) is 2.76. The number of hydrogen-bond donors (Lipinski definition) is 1. The van der Waals surface area contributed by atoms with Crippen LogP contribution in [-0.2, 0) is 11.0 Å². The molecule has 3 rings (SSSR count). The van der Waals surface area contributed by atoms with E-state index in [1.165, 1.54) is 12.1 Å². The molecular weight excluding hydrogens is 415 g/mol. The van der Waals surface area contributed by atoms with Crippen LogP contribution >= 0.6 is 0 Å². The number of halogens is 3. The lowest BCUT2D eigenvalue weighted by Gasteiger charge is -2.18. The van der Waals surface area contributed by atoms with Crippen molar-refractivity contribution in [2.45, 2.75) is 32.4 Å². The summed E-state index contributed by atoms with van der Waals surface area (Å²) < 4.78 is 38.9. The molecule has 0 aliphatic rings. The lowest BCUT2D eigenvalue weighted by atomic mass is 9.86. The Labute approximate surface area is 185 Å². The maximum absolute atomic E-state index is 13.0.